The third kappa shape index (κ3) is 8.59. The average Bonchev–Trinajstić information content (AvgIpc) is 2.67. The molecule has 0 aromatic heterocycles. The highest BCUT2D eigenvalue weighted by molar-refractivity contribution is 6.43. The highest BCUT2D eigenvalue weighted by atomic mass is 35.5. The van der Waals surface area contributed by atoms with E-state index in [2.05, 4.69) is 19.9 Å². The van der Waals surface area contributed by atoms with Crippen LogP contribution in [0, 0.1) is 6.92 Å². The van der Waals surface area contributed by atoms with Gasteiger partial charge in [-0.1, -0.05) is 91.6 Å². The molecule has 0 fully saturated rings. The van der Waals surface area contributed by atoms with Gasteiger partial charge in [0.05, 0.1) is 10.0 Å². The maximum absolute atomic E-state index is 9.35. The number of phenols is 1. The topological polar surface area (TPSA) is 57.5 Å². The van der Waals surface area contributed by atoms with Gasteiger partial charge in [0.25, 0.3) is 5.97 Å². The number of phenolic OH excluding ortho intramolecular Hbond substituents is 1. The standard InChI is InChI=1S/C12H8Cl2.C10H14O.C2H4O2/c13-11-8-4-7-10(12(11)14)9-5-2-1-3-6-9;1-7(2)9-5-4-8(3)10(11)6-9;1-2(3)4/h1-8H;4-7,11H,1-3H3;1H3,(H,3,4). The zero-order chi connectivity index (χ0) is 22.0. The van der Waals surface area contributed by atoms with Crippen molar-refractivity contribution in [2.45, 2.75) is 33.6 Å². The molecule has 3 aromatic carbocycles. The van der Waals surface area contributed by atoms with E-state index >= 15 is 0 Å². The Morgan fingerprint density at radius 3 is 2.03 bits per heavy atom. The molecule has 5 heteroatoms. The van der Waals surface area contributed by atoms with Crippen LogP contribution in [0.25, 0.3) is 11.1 Å². The summed E-state index contributed by atoms with van der Waals surface area (Å²) in [6, 6.07) is 21.4. The van der Waals surface area contributed by atoms with Gasteiger partial charge in [0.15, 0.2) is 0 Å². The first-order valence-electron chi connectivity index (χ1n) is 9.12. The maximum atomic E-state index is 9.35. The summed E-state index contributed by atoms with van der Waals surface area (Å²) in [6.45, 7) is 7.22. The van der Waals surface area contributed by atoms with Gasteiger partial charge in [-0.25, -0.2) is 0 Å². The quantitative estimate of drug-likeness (QED) is 0.438. The van der Waals surface area contributed by atoms with Gasteiger partial charge in [0.2, 0.25) is 0 Å². The Morgan fingerprint density at radius 1 is 0.931 bits per heavy atom. The van der Waals surface area contributed by atoms with Crippen LogP contribution in [0.15, 0.2) is 66.7 Å². The molecule has 3 nitrogen and oxygen atoms in total. The number of hydrogen-bond acceptors (Lipinski definition) is 2. The third-order valence-electron chi connectivity index (χ3n) is 3.94. The molecule has 0 amide bonds. The summed E-state index contributed by atoms with van der Waals surface area (Å²) in [4.78, 5) is 9.00. The predicted molar refractivity (Wildman–Crippen MR) is 122 cm³/mol. The van der Waals surface area contributed by atoms with Crippen LogP contribution < -0.4 is 0 Å². The molecule has 0 bridgehead atoms. The zero-order valence-electron chi connectivity index (χ0n) is 17.0. The molecule has 0 spiro atoms. The van der Waals surface area contributed by atoms with Crippen molar-refractivity contribution in [3.63, 3.8) is 0 Å². The SMILES string of the molecule is CC(=O)O.Cc1ccc(C(C)C)cc1O.Clc1cccc(-c2ccccc2)c1Cl. The molecule has 3 rings (SSSR count). The van der Waals surface area contributed by atoms with Crippen molar-refractivity contribution in [3.05, 3.63) is 87.9 Å². The van der Waals surface area contributed by atoms with E-state index in [1.165, 1.54) is 5.56 Å². The van der Waals surface area contributed by atoms with Crippen LogP contribution in [0.2, 0.25) is 10.0 Å². The summed E-state index contributed by atoms with van der Waals surface area (Å²) in [5.74, 6) is 0.0534. The van der Waals surface area contributed by atoms with E-state index in [9.17, 15) is 5.11 Å². The van der Waals surface area contributed by atoms with Crippen molar-refractivity contribution in [2.24, 2.45) is 0 Å². The van der Waals surface area contributed by atoms with E-state index in [4.69, 9.17) is 33.1 Å². The van der Waals surface area contributed by atoms with E-state index in [0.717, 1.165) is 23.6 Å². The van der Waals surface area contributed by atoms with E-state index in [-0.39, 0.29) is 0 Å². The Kier molecular flexibility index (Phi) is 10.3. The lowest BCUT2D eigenvalue weighted by atomic mass is 10.0. The normalized spacial score (nSPS) is 9.76. The summed E-state index contributed by atoms with van der Waals surface area (Å²) >= 11 is 12.0. The molecule has 0 saturated carbocycles. The number of aryl methyl sites for hydroxylation is 1. The first-order chi connectivity index (χ1) is 13.6. The van der Waals surface area contributed by atoms with E-state index in [0.29, 0.717) is 21.7 Å². The first kappa shape index (κ1) is 24.5. The number of carboxylic acid groups (broad SMARTS) is 1. The van der Waals surface area contributed by atoms with E-state index < -0.39 is 5.97 Å². The summed E-state index contributed by atoms with van der Waals surface area (Å²) in [5, 5.41) is 18.0. The largest absolute Gasteiger partial charge is 0.508 e. The van der Waals surface area contributed by atoms with Gasteiger partial charge in [-0.05, 0) is 41.7 Å². The number of halogens is 2. The van der Waals surface area contributed by atoms with Crippen molar-refractivity contribution in [3.8, 4) is 16.9 Å². The molecular formula is C24H26Cl2O3. The number of hydrogen-bond donors (Lipinski definition) is 2. The lowest BCUT2D eigenvalue weighted by Gasteiger charge is -2.06. The van der Waals surface area contributed by atoms with Gasteiger partial charge < -0.3 is 10.2 Å². The predicted octanol–water partition coefficient (Wildman–Crippen LogP) is 7.58. The highest BCUT2D eigenvalue weighted by Crippen LogP contribution is 2.32. The van der Waals surface area contributed by atoms with Crippen LogP contribution in [-0.2, 0) is 4.79 Å². The summed E-state index contributed by atoms with van der Waals surface area (Å²) < 4.78 is 0. The Balaban J connectivity index is 0.000000251. The van der Waals surface area contributed by atoms with E-state index in [1.54, 1.807) is 6.07 Å². The maximum Gasteiger partial charge on any atom is 0.300 e. The summed E-state index contributed by atoms with van der Waals surface area (Å²) in [5.41, 5.74) is 4.18. The fourth-order valence-corrected chi connectivity index (χ4v) is 2.74. The zero-order valence-corrected chi connectivity index (χ0v) is 18.5. The minimum absolute atomic E-state index is 0.399. The molecule has 0 aliphatic rings. The van der Waals surface area contributed by atoms with Crippen molar-refractivity contribution in [1.29, 1.82) is 0 Å². The average molecular weight is 433 g/mol. The molecule has 29 heavy (non-hydrogen) atoms. The fraction of sp³-hybridized carbons (Fsp3) is 0.208. The number of aromatic hydroxyl groups is 1. The van der Waals surface area contributed by atoms with E-state index in [1.807, 2.05) is 61.5 Å². The Labute approximate surface area is 182 Å². The second-order valence-corrected chi connectivity index (χ2v) is 7.47. The lowest BCUT2D eigenvalue weighted by molar-refractivity contribution is -0.134. The molecule has 0 unspecified atom stereocenters. The number of aliphatic carboxylic acids is 1. The second-order valence-electron chi connectivity index (χ2n) is 6.69. The Bertz CT molecular complexity index is 919. The molecule has 3 aromatic rings. The van der Waals surface area contributed by atoms with Gasteiger partial charge in [0.1, 0.15) is 5.75 Å². The summed E-state index contributed by atoms with van der Waals surface area (Å²) in [6.07, 6.45) is 0. The fourth-order valence-electron chi connectivity index (χ4n) is 2.33. The number of benzene rings is 3. The molecule has 2 N–H and O–H groups in total. The smallest absolute Gasteiger partial charge is 0.300 e. The monoisotopic (exact) mass is 432 g/mol. The molecule has 0 aliphatic heterocycles. The van der Waals surface area contributed by atoms with Gasteiger partial charge in [0, 0.05) is 12.5 Å². The molecule has 0 atom stereocenters. The molecule has 154 valence electrons. The third-order valence-corrected chi connectivity index (χ3v) is 4.76. The molecule has 0 heterocycles. The minimum Gasteiger partial charge on any atom is -0.508 e. The minimum atomic E-state index is -0.833. The van der Waals surface area contributed by atoms with Gasteiger partial charge in [-0.15, -0.1) is 0 Å². The van der Waals surface area contributed by atoms with Gasteiger partial charge in [-0.2, -0.15) is 0 Å². The van der Waals surface area contributed by atoms with Crippen molar-refractivity contribution in [1.82, 2.24) is 0 Å². The number of carbonyl (C=O) groups is 1. The van der Waals surface area contributed by atoms with Crippen molar-refractivity contribution < 1.29 is 15.0 Å². The Morgan fingerprint density at radius 2 is 1.52 bits per heavy atom. The van der Waals surface area contributed by atoms with Crippen LogP contribution in [0.3, 0.4) is 0 Å². The van der Waals surface area contributed by atoms with Gasteiger partial charge >= 0.3 is 0 Å². The van der Waals surface area contributed by atoms with Crippen LogP contribution >= 0.6 is 23.2 Å². The molecule has 0 aliphatic carbocycles. The summed E-state index contributed by atoms with van der Waals surface area (Å²) in [7, 11) is 0. The van der Waals surface area contributed by atoms with Gasteiger partial charge in [-0.3, -0.25) is 4.79 Å². The van der Waals surface area contributed by atoms with Crippen LogP contribution in [0.5, 0.6) is 5.75 Å². The second kappa shape index (κ2) is 12.2. The lowest BCUT2D eigenvalue weighted by Crippen LogP contribution is -1.86. The first-order valence-corrected chi connectivity index (χ1v) is 9.87. The Hall–Kier alpha value is -2.49. The molecular weight excluding hydrogens is 407 g/mol. The number of rotatable bonds is 2. The molecule has 0 saturated heterocycles. The number of carboxylic acids is 1. The van der Waals surface area contributed by atoms with Crippen LogP contribution in [0.1, 0.15) is 37.8 Å². The van der Waals surface area contributed by atoms with Crippen LogP contribution in [0.4, 0.5) is 0 Å². The highest BCUT2D eigenvalue weighted by Gasteiger charge is 2.05. The molecule has 0 radical (unpaired) electrons. The van der Waals surface area contributed by atoms with Crippen LogP contribution in [-0.4, -0.2) is 16.2 Å². The van der Waals surface area contributed by atoms with Crippen molar-refractivity contribution >= 4 is 29.2 Å². The van der Waals surface area contributed by atoms with Crippen molar-refractivity contribution in [2.75, 3.05) is 0 Å².